The van der Waals surface area contributed by atoms with Crippen molar-refractivity contribution in [2.45, 2.75) is 51.7 Å². The highest BCUT2D eigenvalue weighted by Gasteiger charge is 2.50. The van der Waals surface area contributed by atoms with Crippen LogP contribution in [0.2, 0.25) is 0 Å². The maximum absolute atomic E-state index is 12.1. The predicted octanol–water partition coefficient (Wildman–Crippen LogP) is 0.635. The number of H-pyrrole nitrogens is 1. The third-order valence-corrected chi connectivity index (χ3v) is 4.63. The van der Waals surface area contributed by atoms with Crippen LogP contribution in [-0.2, 0) is 23.8 Å². The van der Waals surface area contributed by atoms with Crippen LogP contribution in [0.25, 0.3) is 11.2 Å². The van der Waals surface area contributed by atoms with Crippen molar-refractivity contribution in [2.75, 3.05) is 5.73 Å². The predicted molar refractivity (Wildman–Crippen MR) is 95.6 cm³/mol. The number of imidazole rings is 1. The van der Waals surface area contributed by atoms with Crippen LogP contribution in [0.15, 0.2) is 9.53 Å². The van der Waals surface area contributed by atoms with Gasteiger partial charge in [-0.1, -0.05) is 6.92 Å². The Morgan fingerprint density at radius 1 is 1.26 bits per heavy atom. The summed E-state index contributed by atoms with van der Waals surface area (Å²) in [5.41, 5.74) is 5.29. The molecule has 1 saturated heterocycles. The third kappa shape index (κ3) is 3.54. The summed E-state index contributed by atoms with van der Waals surface area (Å²) >= 11 is 3.27. The van der Waals surface area contributed by atoms with Gasteiger partial charge < -0.3 is 19.9 Å². The molecule has 0 aliphatic carbocycles. The first kappa shape index (κ1) is 19.3. The number of carbonyl (C=O) groups excluding carboxylic acids is 2. The van der Waals surface area contributed by atoms with Gasteiger partial charge in [-0.05, 0) is 22.4 Å². The minimum absolute atomic E-state index is 0.0326. The van der Waals surface area contributed by atoms with E-state index in [4.69, 9.17) is 19.9 Å². The molecule has 12 heteroatoms. The number of hydrogen-bond acceptors (Lipinski definition) is 9. The number of rotatable bonds is 4. The average Bonchev–Trinajstić information content (AvgIpc) is 3.04. The quantitative estimate of drug-likeness (QED) is 0.511. The number of carbonyl (C=O) groups is 2. The molecule has 3 N–H and O–H groups in total. The molecule has 3 heterocycles. The van der Waals surface area contributed by atoms with Crippen molar-refractivity contribution in [1.82, 2.24) is 19.5 Å². The summed E-state index contributed by atoms with van der Waals surface area (Å²) in [6.07, 6.45) is -2.77. The zero-order valence-electron chi connectivity index (χ0n) is 14.8. The molecule has 1 unspecified atom stereocenters. The summed E-state index contributed by atoms with van der Waals surface area (Å²) < 4.78 is 18.4. The van der Waals surface area contributed by atoms with E-state index in [2.05, 4.69) is 30.9 Å². The molecule has 11 nitrogen and oxygen atoms in total. The van der Waals surface area contributed by atoms with Gasteiger partial charge in [-0.2, -0.15) is 4.98 Å². The lowest BCUT2D eigenvalue weighted by molar-refractivity contribution is -0.165. The Morgan fingerprint density at radius 2 is 1.89 bits per heavy atom. The van der Waals surface area contributed by atoms with Crippen LogP contribution in [0.5, 0.6) is 0 Å². The zero-order valence-corrected chi connectivity index (χ0v) is 16.3. The van der Waals surface area contributed by atoms with Gasteiger partial charge in [0.25, 0.3) is 5.56 Å². The van der Waals surface area contributed by atoms with Crippen LogP contribution in [0.1, 0.15) is 33.4 Å². The Kier molecular flexibility index (Phi) is 5.20. The number of ether oxygens (including phenoxy) is 3. The second-order valence-electron chi connectivity index (χ2n) is 6.00. The second kappa shape index (κ2) is 7.27. The van der Waals surface area contributed by atoms with Crippen LogP contribution in [0, 0.1) is 0 Å². The van der Waals surface area contributed by atoms with Crippen molar-refractivity contribution in [2.24, 2.45) is 0 Å². The lowest BCUT2D eigenvalue weighted by Crippen LogP contribution is -2.38. The van der Waals surface area contributed by atoms with E-state index in [0.717, 1.165) is 0 Å². The second-order valence-corrected chi connectivity index (χ2v) is 6.70. The normalized spacial score (nSPS) is 24.9. The number of aromatic nitrogens is 4. The molecule has 0 spiro atoms. The zero-order chi connectivity index (χ0) is 19.9. The van der Waals surface area contributed by atoms with Crippen molar-refractivity contribution in [3.63, 3.8) is 0 Å². The van der Waals surface area contributed by atoms with Gasteiger partial charge in [-0.25, -0.2) is 4.98 Å². The highest BCUT2D eigenvalue weighted by Crippen LogP contribution is 2.38. The summed E-state index contributed by atoms with van der Waals surface area (Å²) in [5, 5.41) is 0. The monoisotopic (exact) mass is 443 g/mol. The van der Waals surface area contributed by atoms with Crippen LogP contribution < -0.4 is 11.3 Å². The van der Waals surface area contributed by atoms with E-state index in [9.17, 15) is 14.4 Å². The van der Waals surface area contributed by atoms with Crippen molar-refractivity contribution in [3.8, 4) is 0 Å². The van der Waals surface area contributed by atoms with Crippen molar-refractivity contribution in [3.05, 3.63) is 15.1 Å². The first-order chi connectivity index (χ1) is 12.7. The fraction of sp³-hybridized carbons (Fsp3) is 0.533. The molecule has 1 aliphatic rings. The number of nitrogens with zero attached hydrogens (tertiary/aromatic N) is 3. The van der Waals surface area contributed by atoms with E-state index in [0.29, 0.717) is 6.42 Å². The number of esters is 2. The van der Waals surface area contributed by atoms with Crippen molar-refractivity contribution < 1.29 is 23.8 Å². The van der Waals surface area contributed by atoms with Gasteiger partial charge >= 0.3 is 11.9 Å². The molecule has 0 bridgehead atoms. The SMILES string of the molecule is CC[C@H]1O[C@@H](n2c(Br)nc3c(=O)[nH]c(N)nc32)[C@@H](OC(C)=O)C1OC(C)=O. The number of nitrogens with one attached hydrogen (secondary N) is 1. The Morgan fingerprint density at radius 3 is 2.48 bits per heavy atom. The summed E-state index contributed by atoms with van der Waals surface area (Å²) in [7, 11) is 0. The van der Waals surface area contributed by atoms with Crippen LogP contribution >= 0.6 is 15.9 Å². The van der Waals surface area contributed by atoms with Crippen molar-refractivity contribution >= 4 is 45.0 Å². The van der Waals surface area contributed by atoms with Gasteiger partial charge in [0.2, 0.25) is 5.95 Å². The number of hydrogen-bond donors (Lipinski definition) is 2. The highest BCUT2D eigenvalue weighted by atomic mass is 79.9. The van der Waals surface area contributed by atoms with E-state index in [1.54, 1.807) is 0 Å². The third-order valence-electron chi connectivity index (χ3n) is 4.07. The van der Waals surface area contributed by atoms with Gasteiger partial charge in [-0.15, -0.1) is 0 Å². The van der Waals surface area contributed by atoms with E-state index < -0.39 is 42.0 Å². The van der Waals surface area contributed by atoms with E-state index >= 15 is 0 Å². The molecule has 0 amide bonds. The number of aromatic amines is 1. The van der Waals surface area contributed by atoms with Gasteiger partial charge in [0.15, 0.2) is 34.3 Å². The molecule has 146 valence electrons. The fourth-order valence-corrected chi connectivity index (χ4v) is 3.64. The minimum Gasteiger partial charge on any atom is -0.456 e. The van der Waals surface area contributed by atoms with Crippen LogP contribution in [-0.4, -0.2) is 49.8 Å². The molecule has 2 aromatic rings. The molecule has 1 fully saturated rings. The van der Waals surface area contributed by atoms with E-state index in [1.165, 1.54) is 18.4 Å². The topological polar surface area (TPSA) is 151 Å². The Balaban J connectivity index is 2.15. The Labute approximate surface area is 161 Å². The summed E-state index contributed by atoms with van der Waals surface area (Å²) in [6, 6.07) is 0. The molecule has 1 aliphatic heterocycles. The molecule has 2 aromatic heterocycles. The summed E-state index contributed by atoms with van der Waals surface area (Å²) in [5.74, 6) is -1.21. The van der Waals surface area contributed by atoms with Crippen molar-refractivity contribution in [1.29, 1.82) is 0 Å². The molecular weight excluding hydrogens is 426 g/mol. The first-order valence-corrected chi connectivity index (χ1v) is 8.95. The number of nitrogens with two attached hydrogens (primary N) is 1. The first-order valence-electron chi connectivity index (χ1n) is 8.16. The summed E-state index contributed by atoms with van der Waals surface area (Å²) in [4.78, 5) is 45.9. The summed E-state index contributed by atoms with van der Waals surface area (Å²) in [6.45, 7) is 4.34. The molecule has 3 rings (SSSR count). The molecule has 27 heavy (non-hydrogen) atoms. The molecule has 0 saturated carbocycles. The van der Waals surface area contributed by atoms with Gasteiger partial charge in [0.05, 0.1) is 0 Å². The van der Waals surface area contributed by atoms with E-state index in [1.807, 2.05) is 6.92 Å². The molecular formula is C15H18BrN5O6. The smallest absolute Gasteiger partial charge is 0.303 e. The largest absolute Gasteiger partial charge is 0.456 e. The lowest BCUT2D eigenvalue weighted by Gasteiger charge is -2.24. The molecule has 0 aromatic carbocycles. The standard InChI is InChI=1S/C15H18BrN5O6/c1-4-7-9(25-5(2)22)10(26-6(3)23)13(27-7)21-11-8(18-14(21)16)12(24)20-15(17)19-11/h7,9-10,13H,4H2,1-3H3,(H3,17,19,20,24)/t7-,9?,10+,13-/m1/s1. The highest BCUT2D eigenvalue weighted by molar-refractivity contribution is 9.10. The maximum Gasteiger partial charge on any atom is 0.303 e. The van der Waals surface area contributed by atoms with Gasteiger partial charge in [0, 0.05) is 13.8 Å². The Hall–Kier alpha value is -2.47. The lowest BCUT2D eigenvalue weighted by atomic mass is 10.1. The molecule has 4 atom stereocenters. The number of fused-ring (bicyclic) bond motifs is 1. The maximum atomic E-state index is 12.1. The number of halogens is 1. The fourth-order valence-electron chi connectivity index (χ4n) is 3.10. The van der Waals surface area contributed by atoms with E-state index in [-0.39, 0.29) is 21.8 Å². The average molecular weight is 444 g/mol. The Bertz CT molecular complexity index is 956. The number of anilines is 1. The number of nitrogen functional groups attached to an aromatic ring is 1. The van der Waals surface area contributed by atoms with Gasteiger partial charge in [0.1, 0.15) is 6.10 Å². The molecule has 0 radical (unpaired) electrons. The van der Waals surface area contributed by atoms with Gasteiger partial charge in [-0.3, -0.25) is 23.9 Å². The van der Waals surface area contributed by atoms with Crippen LogP contribution in [0.4, 0.5) is 5.95 Å². The van der Waals surface area contributed by atoms with Crippen LogP contribution in [0.3, 0.4) is 0 Å². The minimum atomic E-state index is -0.965.